The fraction of sp³-hybridized carbons (Fsp3) is 0.500. The van der Waals surface area contributed by atoms with Crippen LogP contribution in [0.5, 0.6) is 0 Å². The number of hydrogen-bond acceptors (Lipinski definition) is 8. The monoisotopic (exact) mass is 271 g/mol. The van der Waals surface area contributed by atoms with Crippen LogP contribution in [0.4, 0.5) is 17.3 Å². The minimum Gasteiger partial charge on any atom is -0.394 e. The van der Waals surface area contributed by atoms with Crippen LogP contribution in [-0.4, -0.2) is 41.4 Å². The summed E-state index contributed by atoms with van der Waals surface area (Å²) in [5.41, 5.74) is 2.18. The van der Waals surface area contributed by atoms with E-state index in [2.05, 4.69) is 15.7 Å². The number of ether oxygens (including phenoxy) is 1. The Balaban J connectivity index is 2.48. The van der Waals surface area contributed by atoms with Gasteiger partial charge in [0.15, 0.2) is 0 Å². The van der Waals surface area contributed by atoms with Gasteiger partial charge in [0.1, 0.15) is 11.6 Å². The second-order valence-electron chi connectivity index (χ2n) is 3.61. The summed E-state index contributed by atoms with van der Waals surface area (Å²) in [6.07, 6.45) is 0.690. The van der Waals surface area contributed by atoms with E-state index < -0.39 is 4.92 Å². The molecule has 19 heavy (non-hydrogen) atoms. The van der Waals surface area contributed by atoms with Gasteiger partial charge in [0.25, 0.3) is 5.69 Å². The van der Waals surface area contributed by atoms with Crippen molar-refractivity contribution in [3.05, 3.63) is 22.2 Å². The van der Waals surface area contributed by atoms with Gasteiger partial charge in [0.2, 0.25) is 0 Å². The fourth-order valence-corrected chi connectivity index (χ4v) is 1.34. The smallest absolute Gasteiger partial charge is 0.276 e. The Morgan fingerprint density at radius 2 is 2.16 bits per heavy atom. The zero-order valence-electron chi connectivity index (χ0n) is 10.3. The summed E-state index contributed by atoms with van der Waals surface area (Å²) >= 11 is 0. The molecule has 1 aromatic rings. The molecule has 0 bridgehead atoms. The van der Waals surface area contributed by atoms with Crippen LogP contribution in [0.3, 0.4) is 0 Å². The molecule has 5 N–H and O–H groups in total. The molecule has 0 aliphatic carbocycles. The Kier molecular flexibility index (Phi) is 6.50. The first-order valence-corrected chi connectivity index (χ1v) is 5.73. The van der Waals surface area contributed by atoms with E-state index in [1.165, 1.54) is 12.1 Å². The number of nitrogens with one attached hydrogen (secondary N) is 2. The van der Waals surface area contributed by atoms with Crippen molar-refractivity contribution in [1.82, 2.24) is 4.98 Å². The number of aromatic nitrogens is 1. The summed E-state index contributed by atoms with van der Waals surface area (Å²) in [5, 5.41) is 22.2. The molecule has 0 saturated heterocycles. The number of nitro groups is 1. The van der Waals surface area contributed by atoms with E-state index in [4.69, 9.17) is 15.7 Å². The zero-order valence-corrected chi connectivity index (χ0v) is 10.3. The van der Waals surface area contributed by atoms with Crippen LogP contribution >= 0.6 is 0 Å². The van der Waals surface area contributed by atoms with Gasteiger partial charge in [-0.25, -0.2) is 10.8 Å². The summed E-state index contributed by atoms with van der Waals surface area (Å²) < 4.78 is 5.08. The third-order valence-corrected chi connectivity index (χ3v) is 2.18. The first-order valence-electron chi connectivity index (χ1n) is 5.73. The number of rotatable bonds is 9. The predicted octanol–water partition coefficient (Wildman–Crippen LogP) is 0.0863. The molecule has 0 aliphatic heterocycles. The number of nitrogens with two attached hydrogens (primary N) is 1. The molecule has 1 heterocycles. The summed E-state index contributed by atoms with van der Waals surface area (Å²) in [6, 6.07) is 2.57. The van der Waals surface area contributed by atoms with Crippen LogP contribution in [0, 0.1) is 10.1 Å². The van der Waals surface area contributed by atoms with E-state index in [0.29, 0.717) is 32.0 Å². The second-order valence-corrected chi connectivity index (χ2v) is 3.61. The quantitative estimate of drug-likeness (QED) is 0.215. The summed E-state index contributed by atoms with van der Waals surface area (Å²) in [6.45, 7) is 1.33. The van der Waals surface area contributed by atoms with E-state index in [-0.39, 0.29) is 18.1 Å². The van der Waals surface area contributed by atoms with Crippen molar-refractivity contribution in [2.24, 2.45) is 5.84 Å². The third-order valence-electron chi connectivity index (χ3n) is 2.18. The number of nitrogen functional groups attached to an aromatic ring is 1. The molecule has 1 rings (SSSR count). The maximum atomic E-state index is 10.7. The van der Waals surface area contributed by atoms with Gasteiger partial charge < -0.3 is 20.6 Å². The predicted molar refractivity (Wildman–Crippen MR) is 69.7 cm³/mol. The van der Waals surface area contributed by atoms with Crippen LogP contribution < -0.4 is 16.6 Å². The van der Waals surface area contributed by atoms with Crippen molar-refractivity contribution in [3.63, 3.8) is 0 Å². The van der Waals surface area contributed by atoms with E-state index in [0.717, 1.165) is 0 Å². The van der Waals surface area contributed by atoms with Crippen molar-refractivity contribution in [2.75, 3.05) is 37.1 Å². The molecule has 9 heteroatoms. The van der Waals surface area contributed by atoms with E-state index in [1.807, 2.05) is 0 Å². The van der Waals surface area contributed by atoms with Gasteiger partial charge in [0.05, 0.1) is 30.3 Å². The summed E-state index contributed by atoms with van der Waals surface area (Å²) in [5.74, 6) is 5.77. The first-order chi connectivity index (χ1) is 9.17. The lowest BCUT2D eigenvalue weighted by Crippen LogP contribution is -2.12. The molecule has 0 radical (unpaired) electrons. The summed E-state index contributed by atoms with van der Waals surface area (Å²) in [4.78, 5) is 14.2. The molecule has 9 nitrogen and oxygen atoms in total. The van der Waals surface area contributed by atoms with E-state index in [9.17, 15) is 10.1 Å². The van der Waals surface area contributed by atoms with Crippen molar-refractivity contribution in [1.29, 1.82) is 0 Å². The van der Waals surface area contributed by atoms with Crippen LogP contribution in [-0.2, 0) is 4.74 Å². The molecule has 0 aliphatic rings. The molecule has 106 valence electrons. The number of nitrogens with zero attached hydrogens (tertiary/aromatic N) is 2. The molecule has 0 fully saturated rings. The summed E-state index contributed by atoms with van der Waals surface area (Å²) in [7, 11) is 0. The number of hydrogen-bond donors (Lipinski definition) is 4. The van der Waals surface area contributed by atoms with Gasteiger partial charge in [0, 0.05) is 13.2 Å². The van der Waals surface area contributed by atoms with Gasteiger partial charge in [-0.05, 0) is 6.42 Å². The molecule has 0 atom stereocenters. The highest BCUT2D eigenvalue weighted by Gasteiger charge is 2.10. The van der Waals surface area contributed by atoms with E-state index >= 15 is 0 Å². The van der Waals surface area contributed by atoms with Crippen molar-refractivity contribution in [3.8, 4) is 0 Å². The first kappa shape index (κ1) is 15.1. The topological polar surface area (TPSA) is 136 Å². The molecule has 0 saturated carbocycles. The van der Waals surface area contributed by atoms with Crippen molar-refractivity contribution in [2.45, 2.75) is 6.42 Å². The van der Waals surface area contributed by atoms with Crippen molar-refractivity contribution < 1.29 is 14.8 Å². The van der Waals surface area contributed by atoms with Crippen LogP contribution in [0.1, 0.15) is 6.42 Å². The van der Waals surface area contributed by atoms with Crippen LogP contribution in [0.25, 0.3) is 0 Å². The van der Waals surface area contributed by atoms with Crippen LogP contribution in [0.2, 0.25) is 0 Å². The number of pyridine rings is 1. The maximum absolute atomic E-state index is 10.7. The lowest BCUT2D eigenvalue weighted by Gasteiger charge is -2.07. The third kappa shape index (κ3) is 5.46. The van der Waals surface area contributed by atoms with Gasteiger partial charge in [-0.2, -0.15) is 0 Å². The normalized spacial score (nSPS) is 10.2. The average Bonchev–Trinajstić information content (AvgIpc) is 2.42. The molecule has 0 unspecified atom stereocenters. The Hall–Kier alpha value is -1.97. The highest BCUT2D eigenvalue weighted by atomic mass is 16.6. The van der Waals surface area contributed by atoms with Gasteiger partial charge in [-0.15, -0.1) is 0 Å². The SMILES string of the molecule is NNc1cc([N+](=O)[O-])cc(NCCCOCCO)n1. The molecule has 0 spiro atoms. The minimum atomic E-state index is -0.516. The number of aliphatic hydroxyl groups excluding tert-OH is 1. The van der Waals surface area contributed by atoms with E-state index in [1.54, 1.807) is 0 Å². The average molecular weight is 271 g/mol. The Labute approximate surface area is 109 Å². The molecule has 1 aromatic heterocycles. The lowest BCUT2D eigenvalue weighted by atomic mass is 10.3. The van der Waals surface area contributed by atoms with Crippen LogP contribution in [0.15, 0.2) is 12.1 Å². The Morgan fingerprint density at radius 3 is 2.79 bits per heavy atom. The Bertz CT molecular complexity index is 415. The van der Waals surface area contributed by atoms with Crippen molar-refractivity contribution >= 4 is 17.3 Å². The number of anilines is 2. The standard InChI is InChI=1S/C10H17N5O4/c11-14-10-7-8(15(17)18)6-9(13-10)12-2-1-4-19-5-3-16/h6-7,16H,1-5,11H2,(H2,12,13,14). The number of aliphatic hydroxyl groups is 1. The lowest BCUT2D eigenvalue weighted by molar-refractivity contribution is -0.384. The van der Waals surface area contributed by atoms with Gasteiger partial charge >= 0.3 is 0 Å². The largest absolute Gasteiger partial charge is 0.394 e. The Morgan fingerprint density at radius 1 is 1.42 bits per heavy atom. The highest BCUT2D eigenvalue weighted by molar-refractivity contribution is 5.54. The highest BCUT2D eigenvalue weighted by Crippen LogP contribution is 2.19. The molecule has 0 aromatic carbocycles. The second kappa shape index (κ2) is 8.19. The molecular weight excluding hydrogens is 254 g/mol. The van der Waals surface area contributed by atoms with Gasteiger partial charge in [-0.3, -0.25) is 10.1 Å². The van der Waals surface area contributed by atoms with Gasteiger partial charge in [-0.1, -0.05) is 0 Å². The minimum absolute atomic E-state index is 0.00854. The maximum Gasteiger partial charge on any atom is 0.276 e. The molecule has 0 amide bonds. The zero-order chi connectivity index (χ0) is 14.1. The fourth-order valence-electron chi connectivity index (χ4n) is 1.34. The number of hydrazine groups is 1. The molecular formula is C10H17N5O4.